The van der Waals surface area contributed by atoms with E-state index in [0.717, 1.165) is 18.8 Å². The number of halogens is 1. The van der Waals surface area contributed by atoms with E-state index in [2.05, 4.69) is 4.90 Å². The monoisotopic (exact) mass is 283 g/mol. The maximum atomic E-state index is 11.1. The van der Waals surface area contributed by atoms with Crippen LogP contribution in [0.3, 0.4) is 0 Å². The molecule has 0 radical (unpaired) electrons. The Morgan fingerprint density at radius 2 is 2.16 bits per heavy atom. The molecule has 1 unspecified atom stereocenters. The van der Waals surface area contributed by atoms with E-state index in [1.54, 1.807) is 19.1 Å². The second kappa shape index (κ2) is 5.80. The van der Waals surface area contributed by atoms with Crippen LogP contribution in [0.2, 0.25) is 5.02 Å². The number of hydrogen-bond donors (Lipinski definition) is 1. The van der Waals surface area contributed by atoms with Crippen molar-refractivity contribution in [2.45, 2.75) is 13.3 Å². The maximum absolute atomic E-state index is 11.1. The van der Waals surface area contributed by atoms with E-state index >= 15 is 0 Å². The summed E-state index contributed by atoms with van der Waals surface area (Å²) in [6, 6.07) is 7.23. The summed E-state index contributed by atoms with van der Waals surface area (Å²) in [6.45, 7) is 4.50. The van der Waals surface area contributed by atoms with Crippen LogP contribution < -0.4 is 4.74 Å². The third-order valence-corrected chi connectivity index (χ3v) is 3.81. The number of benzene rings is 1. The molecule has 0 aromatic heterocycles. The largest absolute Gasteiger partial charge is 0.492 e. The minimum absolute atomic E-state index is 0.553. The normalized spacial score (nSPS) is 23.5. The zero-order chi connectivity index (χ0) is 13.9. The quantitative estimate of drug-likeness (QED) is 0.902. The minimum atomic E-state index is -0.714. The van der Waals surface area contributed by atoms with Crippen LogP contribution in [0.1, 0.15) is 13.3 Å². The first-order valence-electron chi connectivity index (χ1n) is 6.34. The molecule has 1 saturated heterocycles. The summed E-state index contributed by atoms with van der Waals surface area (Å²) in [6.07, 6.45) is 0.698. The van der Waals surface area contributed by atoms with E-state index in [-0.39, 0.29) is 0 Å². The fourth-order valence-electron chi connectivity index (χ4n) is 2.25. The smallest absolute Gasteiger partial charge is 0.310 e. The van der Waals surface area contributed by atoms with Gasteiger partial charge in [0.25, 0.3) is 0 Å². The van der Waals surface area contributed by atoms with Crippen molar-refractivity contribution in [2.24, 2.45) is 5.41 Å². The van der Waals surface area contributed by atoms with Crippen LogP contribution in [0, 0.1) is 5.41 Å². The molecule has 4 nitrogen and oxygen atoms in total. The SMILES string of the molecule is CC1(C(=O)O)CCN(CCOc2ccc(Cl)cc2)C1. The Bertz CT molecular complexity index is 449. The molecule has 5 heteroatoms. The predicted octanol–water partition coefficient (Wildman–Crippen LogP) is 2.52. The van der Waals surface area contributed by atoms with Gasteiger partial charge in [0.15, 0.2) is 0 Å². The molecule has 1 aromatic carbocycles. The summed E-state index contributed by atoms with van der Waals surface area (Å²) in [5.41, 5.74) is -0.611. The molecule has 0 saturated carbocycles. The highest BCUT2D eigenvalue weighted by Gasteiger charge is 2.40. The van der Waals surface area contributed by atoms with Gasteiger partial charge in [0.2, 0.25) is 0 Å². The molecule has 1 aliphatic rings. The number of ether oxygens (including phenoxy) is 1. The number of likely N-dealkylation sites (tertiary alicyclic amines) is 1. The Balaban J connectivity index is 1.75. The summed E-state index contributed by atoms with van der Waals surface area (Å²) in [4.78, 5) is 13.3. The Hall–Kier alpha value is -1.26. The van der Waals surface area contributed by atoms with Gasteiger partial charge in [-0.25, -0.2) is 0 Å². The van der Waals surface area contributed by atoms with Crippen molar-refractivity contribution in [3.63, 3.8) is 0 Å². The second-order valence-corrected chi connectivity index (χ2v) is 5.63. The van der Waals surface area contributed by atoms with E-state index < -0.39 is 11.4 Å². The lowest BCUT2D eigenvalue weighted by atomic mass is 9.90. The number of aliphatic carboxylic acids is 1. The zero-order valence-electron chi connectivity index (χ0n) is 10.9. The molecule has 0 aliphatic carbocycles. The Morgan fingerprint density at radius 3 is 2.74 bits per heavy atom. The first kappa shape index (κ1) is 14.2. The third kappa shape index (κ3) is 3.61. The molecule has 19 heavy (non-hydrogen) atoms. The van der Waals surface area contributed by atoms with E-state index in [1.807, 2.05) is 12.1 Å². The lowest BCUT2D eigenvalue weighted by molar-refractivity contribution is -0.147. The molecule has 104 valence electrons. The highest BCUT2D eigenvalue weighted by Crippen LogP contribution is 2.29. The van der Waals surface area contributed by atoms with E-state index in [9.17, 15) is 4.79 Å². The summed E-state index contributed by atoms with van der Waals surface area (Å²) in [7, 11) is 0. The summed E-state index contributed by atoms with van der Waals surface area (Å²) >= 11 is 5.79. The van der Waals surface area contributed by atoms with Crippen molar-refractivity contribution in [3.8, 4) is 5.75 Å². The van der Waals surface area contributed by atoms with Crippen LogP contribution in [0.5, 0.6) is 5.75 Å². The van der Waals surface area contributed by atoms with Gasteiger partial charge in [0, 0.05) is 18.1 Å². The molecule has 1 fully saturated rings. The number of carboxylic acid groups (broad SMARTS) is 1. The number of rotatable bonds is 5. The second-order valence-electron chi connectivity index (χ2n) is 5.19. The van der Waals surface area contributed by atoms with E-state index in [0.29, 0.717) is 24.6 Å². The number of carboxylic acids is 1. The first-order valence-corrected chi connectivity index (χ1v) is 6.71. The summed E-state index contributed by atoms with van der Waals surface area (Å²) in [5, 5.41) is 9.83. The first-order chi connectivity index (χ1) is 8.99. The number of carbonyl (C=O) groups is 1. The van der Waals surface area contributed by atoms with Crippen LogP contribution in [0.4, 0.5) is 0 Å². The molecule has 0 amide bonds. The van der Waals surface area contributed by atoms with Gasteiger partial charge in [-0.15, -0.1) is 0 Å². The van der Waals surface area contributed by atoms with E-state index in [4.69, 9.17) is 21.4 Å². The van der Waals surface area contributed by atoms with Crippen molar-refractivity contribution in [2.75, 3.05) is 26.2 Å². The van der Waals surface area contributed by atoms with Gasteiger partial charge < -0.3 is 9.84 Å². The Kier molecular flexibility index (Phi) is 4.32. The lowest BCUT2D eigenvalue weighted by Crippen LogP contribution is -2.33. The minimum Gasteiger partial charge on any atom is -0.492 e. The Labute approximate surface area is 117 Å². The molecule has 2 rings (SSSR count). The zero-order valence-corrected chi connectivity index (χ0v) is 11.7. The average molecular weight is 284 g/mol. The van der Waals surface area contributed by atoms with Gasteiger partial charge in [-0.1, -0.05) is 11.6 Å². The molecule has 0 bridgehead atoms. The van der Waals surface area contributed by atoms with Crippen molar-refractivity contribution >= 4 is 17.6 Å². The van der Waals surface area contributed by atoms with Crippen LogP contribution >= 0.6 is 11.6 Å². The molecule has 1 heterocycles. The lowest BCUT2D eigenvalue weighted by Gasteiger charge is -2.20. The highest BCUT2D eigenvalue weighted by molar-refractivity contribution is 6.30. The van der Waals surface area contributed by atoms with Gasteiger partial charge in [0.1, 0.15) is 12.4 Å². The predicted molar refractivity (Wildman–Crippen MR) is 73.7 cm³/mol. The molecular weight excluding hydrogens is 266 g/mol. The Morgan fingerprint density at radius 1 is 1.47 bits per heavy atom. The van der Waals surface area contributed by atoms with Crippen molar-refractivity contribution in [3.05, 3.63) is 29.3 Å². The number of hydrogen-bond acceptors (Lipinski definition) is 3. The third-order valence-electron chi connectivity index (χ3n) is 3.56. The van der Waals surface area contributed by atoms with Crippen molar-refractivity contribution in [1.82, 2.24) is 4.90 Å². The summed E-state index contributed by atoms with van der Waals surface area (Å²) < 4.78 is 5.60. The molecule has 1 aliphatic heterocycles. The number of nitrogens with zero attached hydrogens (tertiary/aromatic N) is 1. The van der Waals surface area contributed by atoms with Crippen LogP contribution in [-0.4, -0.2) is 42.2 Å². The van der Waals surface area contributed by atoms with Crippen LogP contribution in [-0.2, 0) is 4.79 Å². The van der Waals surface area contributed by atoms with Gasteiger partial charge in [-0.2, -0.15) is 0 Å². The molecule has 1 aromatic rings. The molecular formula is C14H18ClNO3. The van der Waals surface area contributed by atoms with E-state index in [1.165, 1.54) is 0 Å². The van der Waals surface area contributed by atoms with Crippen LogP contribution in [0.15, 0.2) is 24.3 Å². The standard InChI is InChI=1S/C14H18ClNO3/c1-14(13(17)18)6-7-16(10-14)8-9-19-12-4-2-11(15)3-5-12/h2-5H,6-10H2,1H3,(H,17,18). The fourth-order valence-corrected chi connectivity index (χ4v) is 2.37. The van der Waals surface area contributed by atoms with Gasteiger partial charge in [0.05, 0.1) is 5.41 Å². The van der Waals surface area contributed by atoms with Gasteiger partial charge in [-0.05, 0) is 44.2 Å². The molecule has 1 N–H and O–H groups in total. The van der Waals surface area contributed by atoms with Gasteiger partial charge >= 0.3 is 5.97 Å². The highest BCUT2D eigenvalue weighted by atomic mass is 35.5. The average Bonchev–Trinajstić information content (AvgIpc) is 2.75. The van der Waals surface area contributed by atoms with Crippen LogP contribution in [0.25, 0.3) is 0 Å². The van der Waals surface area contributed by atoms with Crippen molar-refractivity contribution in [1.29, 1.82) is 0 Å². The maximum Gasteiger partial charge on any atom is 0.310 e. The molecule has 1 atom stereocenters. The molecule has 0 spiro atoms. The topological polar surface area (TPSA) is 49.8 Å². The van der Waals surface area contributed by atoms with Gasteiger partial charge in [-0.3, -0.25) is 9.69 Å². The summed E-state index contributed by atoms with van der Waals surface area (Å²) in [5.74, 6) is 0.0678. The fraction of sp³-hybridized carbons (Fsp3) is 0.500. The van der Waals surface area contributed by atoms with Crippen molar-refractivity contribution < 1.29 is 14.6 Å².